The van der Waals surface area contributed by atoms with Gasteiger partial charge >= 0.3 is 0 Å². The molecule has 0 saturated carbocycles. The minimum atomic E-state index is -0.442. The van der Waals surface area contributed by atoms with Gasteiger partial charge < -0.3 is 9.64 Å². The van der Waals surface area contributed by atoms with Crippen LogP contribution in [0, 0.1) is 19.7 Å². The quantitative estimate of drug-likeness (QED) is 0.774. The Kier molecular flexibility index (Phi) is 4.02. The number of hydrogen-bond donors (Lipinski definition) is 0. The Bertz CT molecular complexity index is 804. The molecule has 0 bridgehead atoms. The third-order valence-electron chi connectivity index (χ3n) is 4.31. The molecule has 0 fully saturated rings. The Morgan fingerprint density at radius 2 is 2.13 bits per heavy atom. The van der Waals surface area contributed by atoms with E-state index >= 15 is 0 Å². The average molecular weight is 333 g/mol. The molecular weight excluding hydrogens is 315 g/mol. The predicted molar refractivity (Wildman–Crippen MR) is 90.0 cm³/mol. The maximum Gasteiger partial charge on any atom is 0.166 e. The third-order valence-corrected chi connectivity index (χ3v) is 4.56. The molecule has 0 saturated heterocycles. The van der Waals surface area contributed by atoms with E-state index in [9.17, 15) is 4.39 Å². The minimum absolute atomic E-state index is 0.0727. The zero-order valence-corrected chi connectivity index (χ0v) is 14.2. The van der Waals surface area contributed by atoms with E-state index in [-0.39, 0.29) is 5.15 Å². The molecule has 2 aromatic rings. The summed E-state index contributed by atoms with van der Waals surface area (Å²) in [5.74, 6) is 0.384. The van der Waals surface area contributed by atoms with Gasteiger partial charge in [-0.1, -0.05) is 24.2 Å². The van der Waals surface area contributed by atoms with Gasteiger partial charge in [0.1, 0.15) is 5.75 Å². The SMILES string of the molecule is C=C1c2c(C)nc(Cl)c(F)c2CN1Cc1ccc(OC)cc1C. The van der Waals surface area contributed by atoms with E-state index in [1.807, 2.05) is 36.9 Å². The van der Waals surface area contributed by atoms with Gasteiger partial charge in [0, 0.05) is 35.6 Å². The summed E-state index contributed by atoms with van der Waals surface area (Å²) in [6.07, 6.45) is 0. The number of aryl methyl sites for hydroxylation is 2. The third kappa shape index (κ3) is 2.68. The molecule has 0 unspecified atom stereocenters. The lowest BCUT2D eigenvalue weighted by molar-refractivity contribution is 0.394. The molecule has 0 spiro atoms. The molecule has 2 heterocycles. The van der Waals surface area contributed by atoms with E-state index in [0.29, 0.717) is 24.3 Å². The fourth-order valence-corrected chi connectivity index (χ4v) is 3.25. The molecule has 0 aliphatic carbocycles. The molecule has 1 aliphatic heterocycles. The van der Waals surface area contributed by atoms with E-state index in [1.165, 1.54) is 0 Å². The van der Waals surface area contributed by atoms with Crippen molar-refractivity contribution in [3.05, 3.63) is 63.7 Å². The van der Waals surface area contributed by atoms with Crippen molar-refractivity contribution >= 4 is 17.3 Å². The first-order valence-electron chi connectivity index (χ1n) is 7.34. The smallest absolute Gasteiger partial charge is 0.166 e. The molecule has 0 N–H and O–H groups in total. The largest absolute Gasteiger partial charge is 0.497 e. The lowest BCUT2D eigenvalue weighted by atomic mass is 10.1. The molecular formula is C18H18ClFN2O. The molecule has 0 atom stereocenters. The number of aromatic nitrogens is 1. The number of fused-ring (bicyclic) bond motifs is 1. The monoisotopic (exact) mass is 332 g/mol. The van der Waals surface area contributed by atoms with Gasteiger partial charge in [-0.2, -0.15) is 0 Å². The van der Waals surface area contributed by atoms with E-state index in [0.717, 1.165) is 28.1 Å². The van der Waals surface area contributed by atoms with Crippen molar-refractivity contribution in [2.45, 2.75) is 26.9 Å². The van der Waals surface area contributed by atoms with Crippen LogP contribution in [0.3, 0.4) is 0 Å². The summed E-state index contributed by atoms with van der Waals surface area (Å²) in [7, 11) is 1.65. The second kappa shape index (κ2) is 5.85. The van der Waals surface area contributed by atoms with Crippen LogP contribution in [0.4, 0.5) is 4.39 Å². The maximum absolute atomic E-state index is 14.3. The maximum atomic E-state index is 14.3. The Labute approximate surface area is 140 Å². The highest BCUT2D eigenvalue weighted by atomic mass is 35.5. The van der Waals surface area contributed by atoms with Crippen LogP contribution in [0.5, 0.6) is 5.75 Å². The van der Waals surface area contributed by atoms with Crippen LogP contribution in [0.1, 0.15) is 27.9 Å². The number of nitrogens with zero attached hydrogens (tertiary/aromatic N) is 2. The van der Waals surface area contributed by atoms with Gasteiger partial charge in [0.15, 0.2) is 11.0 Å². The van der Waals surface area contributed by atoms with E-state index in [2.05, 4.69) is 11.6 Å². The predicted octanol–water partition coefficient (Wildman–Crippen LogP) is 4.49. The summed E-state index contributed by atoms with van der Waals surface area (Å²) in [5.41, 5.74) is 5.14. The summed E-state index contributed by atoms with van der Waals surface area (Å²) in [6, 6.07) is 5.95. The molecule has 3 nitrogen and oxygen atoms in total. The van der Waals surface area contributed by atoms with Gasteiger partial charge in [0.05, 0.1) is 7.11 Å². The van der Waals surface area contributed by atoms with Gasteiger partial charge in [0.25, 0.3) is 0 Å². The standard InChI is InChI=1S/C18H18ClFN2O/c1-10-7-14(23-4)6-5-13(10)8-22-9-15-16(12(22)3)11(2)21-18(19)17(15)20/h5-7H,3,8-9H2,1-2,4H3. The molecule has 3 rings (SSSR count). The fourth-order valence-electron chi connectivity index (χ4n) is 3.01. The second-order valence-electron chi connectivity index (χ2n) is 5.75. The molecule has 23 heavy (non-hydrogen) atoms. The van der Waals surface area contributed by atoms with Crippen molar-refractivity contribution < 1.29 is 9.13 Å². The van der Waals surface area contributed by atoms with Crippen molar-refractivity contribution in [3.63, 3.8) is 0 Å². The molecule has 1 aliphatic rings. The van der Waals surface area contributed by atoms with Gasteiger partial charge in [-0.3, -0.25) is 0 Å². The van der Waals surface area contributed by atoms with Crippen LogP contribution in [-0.4, -0.2) is 17.0 Å². The van der Waals surface area contributed by atoms with E-state index in [1.54, 1.807) is 7.11 Å². The van der Waals surface area contributed by atoms with Crippen LogP contribution < -0.4 is 4.74 Å². The van der Waals surface area contributed by atoms with E-state index in [4.69, 9.17) is 16.3 Å². The first kappa shape index (κ1) is 15.8. The van der Waals surface area contributed by atoms with Gasteiger partial charge in [-0.15, -0.1) is 0 Å². The second-order valence-corrected chi connectivity index (χ2v) is 6.11. The Morgan fingerprint density at radius 1 is 1.39 bits per heavy atom. The molecule has 1 aromatic carbocycles. The van der Waals surface area contributed by atoms with Gasteiger partial charge in [0.2, 0.25) is 0 Å². The Balaban J connectivity index is 1.91. The number of rotatable bonds is 3. The van der Waals surface area contributed by atoms with Crippen LogP contribution in [-0.2, 0) is 13.1 Å². The highest BCUT2D eigenvalue weighted by Gasteiger charge is 2.29. The van der Waals surface area contributed by atoms with Crippen molar-refractivity contribution in [2.75, 3.05) is 7.11 Å². The van der Waals surface area contributed by atoms with Gasteiger partial charge in [-0.05, 0) is 37.1 Å². The zero-order chi connectivity index (χ0) is 16.7. The minimum Gasteiger partial charge on any atom is -0.497 e. The first-order chi connectivity index (χ1) is 10.9. The molecule has 120 valence electrons. The topological polar surface area (TPSA) is 25.4 Å². The van der Waals surface area contributed by atoms with Crippen molar-refractivity contribution in [3.8, 4) is 5.75 Å². The number of pyridine rings is 1. The van der Waals surface area contributed by atoms with Crippen LogP contribution in [0.25, 0.3) is 5.70 Å². The van der Waals surface area contributed by atoms with E-state index < -0.39 is 5.82 Å². The molecule has 0 amide bonds. The molecule has 1 aromatic heterocycles. The lowest BCUT2D eigenvalue weighted by Crippen LogP contribution is -2.15. The van der Waals surface area contributed by atoms with Gasteiger partial charge in [-0.25, -0.2) is 9.37 Å². The van der Waals surface area contributed by atoms with Crippen LogP contribution in [0.2, 0.25) is 5.15 Å². The van der Waals surface area contributed by atoms with Crippen LogP contribution >= 0.6 is 11.6 Å². The summed E-state index contributed by atoms with van der Waals surface area (Å²) in [6.45, 7) is 9.09. The Morgan fingerprint density at radius 3 is 2.78 bits per heavy atom. The molecule has 5 heteroatoms. The normalized spacial score (nSPS) is 13.4. The van der Waals surface area contributed by atoms with Crippen LogP contribution in [0.15, 0.2) is 24.8 Å². The Hall–Kier alpha value is -2.07. The number of hydrogen-bond acceptors (Lipinski definition) is 3. The highest BCUT2D eigenvalue weighted by molar-refractivity contribution is 6.29. The summed E-state index contributed by atoms with van der Waals surface area (Å²) in [5, 5.41) is -0.0727. The summed E-state index contributed by atoms with van der Waals surface area (Å²) >= 11 is 5.86. The van der Waals surface area contributed by atoms with Crippen molar-refractivity contribution in [1.82, 2.24) is 9.88 Å². The fraction of sp³-hybridized carbons (Fsp3) is 0.278. The molecule has 0 radical (unpaired) electrons. The number of halogens is 2. The average Bonchev–Trinajstić information content (AvgIpc) is 2.84. The number of benzene rings is 1. The lowest BCUT2D eigenvalue weighted by Gasteiger charge is -2.21. The van der Waals surface area contributed by atoms with Crippen molar-refractivity contribution in [1.29, 1.82) is 0 Å². The zero-order valence-electron chi connectivity index (χ0n) is 13.4. The summed E-state index contributed by atoms with van der Waals surface area (Å²) < 4.78 is 19.5. The van der Waals surface area contributed by atoms with Crippen molar-refractivity contribution in [2.24, 2.45) is 0 Å². The number of methoxy groups -OCH3 is 1. The summed E-state index contributed by atoms with van der Waals surface area (Å²) in [4.78, 5) is 6.11. The number of ether oxygens (including phenoxy) is 1. The highest BCUT2D eigenvalue weighted by Crippen LogP contribution is 2.38. The first-order valence-corrected chi connectivity index (χ1v) is 7.72.